The van der Waals surface area contributed by atoms with Crippen molar-refractivity contribution in [1.29, 1.82) is 0 Å². The van der Waals surface area contributed by atoms with Gasteiger partial charge in [0.25, 0.3) is 0 Å². The van der Waals surface area contributed by atoms with Gasteiger partial charge in [-0.2, -0.15) is 0 Å². The Bertz CT molecular complexity index is 1220. The van der Waals surface area contributed by atoms with Crippen molar-refractivity contribution >= 4 is 23.4 Å². The van der Waals surface area contributed by atoms with Crippen LogP contribution in [-0.4, -0.2) is 30.9 Å². The van der Waals surface area contributed by atoms with E-state index in [0.717, 1.165) is 29.9 Å². The lowest BCUT2D eigenvalue weighted by atomic mass is 10.1. The summed E-state index contributed by atoms with van der Waals surface area (Å²) in [5.41, 5.74) is 4.42. The highest BCUT2D eigenvalue weighted by Crippen LogP contribution is 2.29. The van der Waals surface area contributed by atoms with E-state index in [0.29, 0.717) is 17.5 Å². The summed E-state index contributed by atoms with van der Waals surface area (Å²) in [6, 6.07) is 13.8. The second-order valence-corrected chi connectivity index (χ2v) is 9.11. The lowest BCUT2D eigenvalue weighted by Gasteiger charge is -2.14. The first-order valence-electron chi connectivity index (χ1n) is 10.6. The molecule has 0 saturated heterocycles. The van der Waals surface area contributed by atoms with Crippen LogP contribution in [0, 0.1) is 0 Å². The third kappa shape index (κ3) is 4.31. The molecule has 0 bridgehead atoms. The van der Waals surface area contributed by atoms with E-state index >= 15 is 0 Å². The van der Waals surface area contributed by atoms with Crippen LogP contribution < -0.4 is 5.32 Å². The second kappa shape index (κ2) is 9.00. The van der Waals surface area contributed by atoms with Crippen molar-refractivity contribution in [3.63, 3.8) is 0 Å². The first-order valence-corrected chi connectivity index (χ1v) is 11.5. The van der Waals surface area contributed by atoms with E-state index in [2.05, 4.69) is 32.6 Å². The van der Waals surface area contributed by atoms with E-state index in [-0.39, 0.29) is 11.2 Å². The first-order chi connectivity index (χ1) is 15.7. The van der Waals surface area contributed by atoms with E-state index in [4.69, 9.17) is 4.42 Å². The monoisotopic (exact) mass is 445 g/mol. The molecule has 0 unspecified atom stereocenters. The molecule has 3 aromatic heterocycles. The quantitative estimate of drug-likeness (QED) is 0.419. The average molecular weight is 446 g/mol. The zero-order valence-corrected chi connectivity index (χ0v) is 18.5. The van der Waals surface area contributed by atoms with Gasteiger partial charge in [0.05, 0.1) is 18.1 Å². The van der Waals surface area contributed by atoms with E-state index in [9.17, 15) is 4.79 Å². The van der Waals surface area contributed by atoms with Gasteiger partial charge < -0.3 is 9.73 Å². The summed E-state index contributed by atoms with van der Waals surface area (Å²) in [6.07, 6.45) is 8.50. The Kier molecular flexibility index (Phi) is 5.77. The van der Waals surface area contributed by atoms with Crippen molar-refractivity contribution in [3.8, 4) is 11.4 Å². The summed E-state index contributed by atoms with van der Waals surface area (Å²) < 4.78 is 7.50. The first kappa shape index (κ1) is 20.5. The van der Waals surface area contributed by atoms with Gasteiger partial charge in [0.2, 0.25) is 5.91 Å². The summed E-state index contributed by atoms with van der Waals surface area (Å²) >= 11 is 1.38. The molecule has 0 saturated carbocycles. The number of anilines is 1. The smallest absolute Gasteiger partial charge is 0.237 e. The number of aromatic nitrogens is 4. The number of fused-ring (bicyclic) bond motifs is 1. The molecule has 0 radical (unpaired) electrons. The molecule has 162 valence electrons. The summed E-state index contributed by atoms with van der Waals surface area (Å²) in [7, 11) is 0. The Labute approximate surface area is 190 Å². The van der Waals surface area contributed by atoms with Crippen LogP contribution in [0.5, 0.6) is 0 Å². The molecule has 8 heteroatoms. The second-order valence-electron chi connectivity index (χ2n) is 7.80. The third-order valence-electron chi connectivity index (χ3n) is 5.55. The van der Waals surface area contributed by atoms with Crippen molar-refractivity contribution in [2.24, 2.45) is 0 Å². The van der Waals surface area contributed by atoms with Crippen LogP contribution in [0.25, 0.3) is 11.4 Å². The molecule has 5 rings (SSSR count). The fourth-order valence-electron chi connectivity index (χ4n) is 3.89. The van der Waals surface area contributed by atoms with Gasteiger partial charge in [-0.25, -0.2) is 0 Å². The molecule has 3 heterocycles. The summed E-state index contributed by atoms with van der Waals surface area (Å²) in [5, 5.41) is 12.1. The van der Waals surface area contributed by atoms with E-state index in [1.165, 1.54) is 29.3 Å². The molecule has 32 heavy (non-hydrogen) atoms. The van der Waals surface area contributed by atoms with Gasteiger partial charge in [0.15, 0.2) is 11.0 Å². The number of hydrogen-bond acceptors (Lipinski definition) is 6. The standard InChI is InChI=1S/C24H23N5O2S/c1-16(23(30)26-20-10-9-17-5-2-6-18(17)13-20)32-24-28-27-22(19-7-3-11-25-14-19)29(24)15-21-8-4-12-31-21/h3-4,7-14,16H,2,5-6,15H2,1H3,(H,26,30)/t16-/m1/s1. The molecule has 0 fully saturated rings. The Morgan fingerprint density at radius 2 is 2.09 bits per heavy atom. The molecule has 1 aliphatic rings. The molecule has 1 amide bonds. The molecule has 7 nitrogen and oxygen atoms in total. The number of amides is 1. The molecular weight excluding hydrogens is 422 g/mol. The minimum absolute atomic E-state index is 0.0663. The van der Waals surface area contributed by atoms with E-state index < -0.39 is 0 Å². The molecule has 0 spiro atoms. The number of nitrogens with zero attached hydrogens (tertiary/aromatic N) is 4. The highest BCUT2D eigenvalue weighted by Gasteiger charge is 2.22. The van der Waals surface area contributed by atoms with Gasteiger partial charge in [0.1, 0.15) is 5.76 Å². The Balaban J connectivity index is 1.35. The predicted molar refractivity (Wildman–Crippen MR) is 123 cm³/mol. The third-order valence-corrected chi connectivity index (χ3v) is 6.63. The van der Waals surface area contributed by atoms with Crippen LogP contribution in [0.15, 0.2) is 70.7 Å². The van der Waals surface area contributed by atoms with Gasteiger partial charge in [-0.3, -0.25) is 14.3 Å². The Hall–Kier alpha value is -3.39. The lowest BCUT2D eigenvalue weighted by Crippen LogP contribution is -2.23. The van der Waals surface area contributed by atoms with Crippen LogP contribution in [0.4, 0.5) is 5.69 Å². The van der Waals surface area contributed by atoms with Crippen LogP contribution >= 0.6 is 11.8 Å². The normalized spacial score (nSPS) is 13.7. The number of aryl methyl sites for hydroxylation is 2. The van der Waals surface area contributed by atoms with Crippen LogP contribution in [-0.2, 0) is 24.2 Å². The molecule has 1 atom stereocenters. The Morgan fingerprint density at radius 1 is 1.19 bits per heavy atom. The SMILES string of the molecule is C[C@@H](Sc1nnc(-c2cccnc2)n1Cc1ccco1)C(=O)Nc1ccc2c(c1)CCC2. The van der Waals surface area contributed by atoms with Crippen molar-refractivity contribution in [3.05, 3.63) is 78.0 Å². The molecule has 0 aliphatic heterocycles. The number of rotatable bonds is 7. The van der Waals surface area contributed by atoms with Crippen molar-refractivity contribution in [1.82, 2.24) is 19.7 Å². The van der Waals surface area contributed by atoms with Gasteiger partial charge in [-0.15, -0.1) is 10.2 Å². The molecule has 1 N–H and O–H groups in total. The zero-order valence-electron chi connectivity index (χ0n) is 17.7. The average Bonchev–Trinajstić information content (AvgIpc) is 3.56. The van der Waals surface area contributed by atoms with Crippen molar-refractivity contribution in [2.45, 2.75) is 43.1 Å². The summed E-state index contributed by atoms with van der Waals surface area (Å²) in [5.74, 6) is 1.40. The highest BCUT2D eigenvalue weighted by molar-refractivity contribution is 8.00. The fraction of sp³-hybridized carbons (Fsp3) is 0.250. The van der Waals surface area contributed by atoms with Gasteiger partial charge in [0, 0.05) is 23.6 Å². The number of furan rings is 1. The largest absolute Gasteiger partial charge is 0.467 e. The van der Waals surface area contributed by atoms with Crippen LogP contribution in [0.1, 0.15) is 30.2 Å². The minimum atomic E-state index is -0.357. The number of pyridine rings is 1. The van der Waals surface area contributed by atoms with Gasteiger partial charge in [-0.1, -0.05) is 17.8 Å². The summed E-state index contributed by atoms with van der Waals surface area (Å²) in [4.78, 5) is 17.1. The summed E-state index contributed by atoms with van der Waals surface area (Å²) in [6.45, 7) is 2.34. The number of hydrogen-bond donors (Lipinski definition) is 1. The van der Waals surface area contributed by atoms with E-state index in [1.54, 1.807) is 18.7 Å². The lowest BCUT2D eigenvalue weighted by molar-refractivity contribution is -0.115. The molecule has 4 aromatic rings. The van der Waals surface area contributed by atoms with Gasteiger partial charge in [-0.05, 0) is 73.7 Å². The number of carbonyl (C=O) groups is 1. The van der Waals surface area contributed by atoms with Gasteiger partial charge >= 0.3 is 0 Å². The Morgan fingerprint density at radius 3 is 2.91 bits per heavy atom. The number of nitrogens with one attached hydrogen (secondary N) is 1. The maximum Gasteiger partial charge on any atom is 0.237 e. The van der Waals surface area contributed by atoms with Crippen molar-refractivity contribution < 1.29 is 9.21 Å². The molecule has 1 aromatic carbocycles. The number of carbonyl (C=O) groups excluding carboxylic acids is 1. The maximum atomic E-state index is 12.9. The van der Waals surface area contributed by atoms with Crippen LogP contribution in [0.2, 0.25) is 0 Å². The molecular formula is C24H23N5O2S. The molecule has 1 aliphatic carbocycles. The van der Waals surface area contributed by atoms with Crippen LogP contribution in [0.3, 0.4) is 0 Å². The predicted octanol–water partition coefficient (Wildman–Crippen LogP) is 4.59. The fourth-order valence-corrected chi connectivity index (χ4v) is 4.74. The highest BCUT2D eigenvalue weighted by atomic mass is 32.2. The minimum Gasteiger partial charge on any atom is -0.467 e. The topological polar surface area (TPSA) is 85.8 Å². The number of benzene rings is 1. The maximum absolute atomic E-state index is 12.9. The van der Waals surface area contributed by atoms with E-state index in [1.807, 2.05) is 41.8 Å². The van der Waals surface area contributed by atoms with Crippen molar-refractivity contribution in [2.75, 3.05) is 5.32 Å². The number of thioether (sulfide) groups is 1. The zero-order chi connectivity index (χ0) is 21.9.